The molecule has 6 nitrogen and oxygen atoms in total. The first kappa shape index (κ1) is 13.7. The Labute approximate surface area is 112 Å². The molecule has 0 aromatic carbocycles. The van der Waals surface area contributed by atoms with Crippen molar-refractivity contribution in [3.63, 3.8) is 0 Å². The Morgan fingerprint density at radius 3 is 2.47 bits per heavy atom. The van der Waals surface area contributed by atoms with Crippen molar-refractivity contribution in [2.24, 2.45) is 0 Å². The van der Waals surface area contributed by atoms with Gasteiger partial charge in [-0.15, -0.1) is 0 Å². The van der Waals surface area contributed by atoms with Crippen LogP contribution in [0.3, 0.4) is 0 Å². The third-order valence-corrected chi connectivity index (χ3v) is 3.38. The van der Waals surface area contributed by atoms with Gasteiger partial charge in [0.25, 0.3) is 0 Å². The monoisotopic (exact) mass is 264 g/mol. The van der Waals surface area contributed by atoms with E-state index in [1.54, 1.807) is 9.58 Å². The summed E-state index contributed by atoms with van der Waals surface area (Å²) in [6.07, 6.45) is 2.49. The van der Waals surface area contributed by atoms with Gasteiger partial charge in [-0.1, -0.05) is 13.8 Å². The number of Topliss-reactive ketones (excluding diaryl/α,β-unsaturated/α-hetero) is 1. The van der Waals surface area contributed by atoms with E-state index >= 15 is 0 Å². The minimum atomic E-state index is 0.0229. The number of ketones is 1. The van der Waals surface area contributed by atoms with E-state index in [4.69, 9.17) is 0 Å². The lowest BCUT2D eigenvalue weighted by molar-refractivity contribution is -0.135. The number of carbonyl (C=O) groups is 2. The second kappa shape index (κ2) is 5.95. The third kappa shape index (κ3) is 3.19. The van der Waals surface area contributed by atoms with Crippen molar-refractivity contribution in [2.45, 2.75) is 46.1 Å². The lowest BCUT2D eigenvalue weighted by Crippen LogP contribution is -2.40. The van der Waals surface area contributed by atoms with Crippen LogP contribution in [0.2, 0.25) is 0 Å². The first-order valence-corrected chi connectivity index (χ1v) is 6.86. The molecule has 1 aromatic heterocycles. The molecular weight excluding hydrogens is 244 g/mol. The van der Waals surface area contributed by atoms with Crippen molar-refractivity contribution >= 4 is 11.7 Å². The second-order valence-electron chi connectivity index (χ2n) is 4.73. The summed E-state index contributed by atoms with van der Waals surface area (Å²) in [4.78, 5) is 29.5. The molecule has 0 aliphatic carbocycles. The van der Waals surface area contributed by atoms with Crippen molar-refractivity contribution in [1.29, 1.82) is 0 Å². The Bertz CT molecular complexity index is 471. The van der Waals surface area contributed by atoms with Gasteiger partial charge < -0.3 is 4.90 Å². The lowest BCUT2D eigenvalue weighted by Gasteiger charge is -2.26. The number of nitrogens with zero attached hydrogens (tertiary/aromatic N) is 4. The largest absolute Gasteiger partial charge is 0.340 e. The molecule has 0 atom stereocenters. The molecule has 1 saturated heterocycles. The van der Waals surface area contributed by atoms with Crippen LogP contribution in [-0.2, 0) is 29.0 Å². The quantitative estimate of drug-likeness (QED) is 0.798. The van der Waals surface area contributed by atoms with Gasteiger partial charge in [-0.2, -0.15) is 5.10 Å². The molecule has 0 bridgehead atoms. The van der Waals surface area contributed by atoms with Crippen LogP contribution in [0, 0.1) is 0 Å². The van der Waals surface area contributed by atoms with Gasteiger partial charge in [0, 0.05) is 38.8 Å². The molecule has 1 aromatic rings. The number of piperidine rings is 1. The zero-order chi connectivity index (χ0) is 13.8. The molecule has 0 unspecified atom stereocenters. The highest BCUT2D eigenvalue weighted by atomic mass is 16.2. The number of rotatable bonds is 4. The smallest absolute Gasteiger partial charge is 0.244 e. The van der Waals surface area contributed by atoms with Crippen LogP contribution in [0.1, 0.15) is 38.3 Å². The van der Waals surface area contributed by atoms with E-state index in [1.165, 1.54) is 0 Å². The number of hydrogen-bond donors (Lipinski definition) is 0. The van der Waals surface area contributed by atoms with Gasteiger partial charge in [0.05, 0.1) is 0 Å². The average Bonchev–Trinajstić information content (AvgIpc) is 2.81. The van der Waals surface area contributed by atoms with Crippen LogP contribution in [0.25, 0.3) is 0 Å². The fraction of sp³-hybridized carbons (Fsp3) is 0.692. The van der Waals surface area contributed by atoms with E-state index in [9.17, 15) is 9.59 Å². The molecule has 0 radical (unpaired) electrons. The Morgan fingerprint density at radius 2 is 1.89 bits per heavy atom. The van der Waals surface area contributed by atoms with E-state index in [0.29, 0.717) is 25.9 Å². The van der Waals surface area contributed by atoms with Gasteiger partial charge in [0.1, 0.15) is 18.2 Å². The molecule has 2 rings (SSSR count). The zero-order valence-corrected chi connectivity index (χ0v) is 11.6. The Kier molecular flexibility index (Phi) is 4.29. The maximum atomic E-state index is 12.2. The highest BCUT2D eigenvalue weighted by Gasteiger charge is 2.22. The van der Waals surface area contributed by atoms with Crippen LogP contribution in [-0.4, -0.2) is 44.4 Å². The maximum Gasteiger partial charge on any atom is 0.244 e. The van der Waals surface area contributed by atoms with Crippen molar-refractivity contribution in [3.8, 4) is 0 Å². The molecule has 1 amide bonds. The van der Waals surface area contributed by atoms with E-state index < -0.39 is 0 Å². The number of hydrogen-bond acceptors (Lipinski definition) is 4. The first-order valence-electron chi connectivity index (χ1n) is 6.86. The number of amides is 1. The molecule has 104 valence electrons. The van der Waals surface area contributed by atoms with Crippen LogP contribution in [0.5, 0.6) is 0 Å². The number of aromatic nitrogens is 3. The topological polar surface area (TPSA) is 68.1 Å². The maximum absolute atomic E-state index is 12.2. The standard InChI is InChI=1S/C13H20N4O2/c1-3-11-14-12(4-2)17(15-11)9-13(19)16-7-5-10(18)6-8-16/h3-9H2,1-2H3. The molecule has 19 heavy (non-hydrogen) atoms. The molecule has 0 N–H and O–H groups in total. The van der Waals surface area contributed by atoms with E-state index in [1.807, 2.05) is 13.8 Å². The summed E-state index contributed by atoms with van der Waals surface area (Å²) in [6.45, 7) is 5.30. The van der Waals surface area contributed by atoms with Crippen molar-refractivity contribution < 1.29 is 9.59 Å². The van der Waals surface area contributed by atoms with E-state index in [2.05, 4.69) is 10.1 Å². The zero-order valence-electron chi connectivity index (χ0n) is 11.6. The number of carbonyl (C=O) groups excluding carboxylic acids is 2. The molecule has 1 fully saturated rings. The molecular formula is C13H20N4O2. The van der Waals surface area contributed by atoms with Gasteiger partial charge in [-0.05, 0) is 0 Å². The summed E-state index contributed by atoms with van der Waals surface area (Å²) >= 11 is 0. The Balaban J connectivity index is 2.02. The van der Waals surface area contributed by atoms with E-state index in [0.717, 1.165) is 24.5 Å². The highest BCUT2D eigenvalue weighted by molar-refractivity contribution is 5.83. The molecule has 1 aliphatic heterocycles. The molecule has 6 heteroatoms. The predicted octanol–water partition coefficient (Wildman–Crippen LogP) is 0.594. The molecule has 2 heterocycles. The van der Waals surface area contributed by atoms with Crippen molar-refractivity contribution in [2.75, 3.05) is 13.1 Å². The molecule has 0 spiro atoms. The highest BCUT2D eigenvalue weighted by Crippen LogP contribution is 2.08. The third-order valence-electron chi connectivity index (χ3n) is 3.38. The fourth-order valence-corrected chi connectivity index (χ4v) is 2.20. The summed E-state index contributed by atoms with van der Waals surface area (Å²) in [5.74, 6) is 1.89. The van der Waals surface area contributed by atoms with Crippen molar-refractivity contribution in [1.82, 2.24) is 19.7 Å². The first-order chi connectivity index (χ1) is 9.13. The minimum absolute atomic E-state index is 0.0229. The predicted molar refractivity (Wildman–Crippen MR) is 69.6 cm³/mol. The van der Waals surface area contributed by atoms with Gasteiger partial charge in [-0.25, -0.2) is 9.67 Å². The summed E-state index contributed by atoms with van der Waals surface area (Å²) in [6, 6.07) is 0. The van der Waals surface area contributed by atoms with Gasteiger partial charge in [0.2, 0.25) is 5.91 Å². The summed E-state index contributed by atoms with van der Waals surface area (Å²) in [5.41, 5.74) is 0. The fourth-order valence-electron chi connectivity index (χ4n) is 2.20. The molecule has 0 saturated carbocycles. The van der Waals surface area contributed by atoms with E-state index in [-0.39, 0.29) is 18.2 Å². The normalized spacial score (nSPS) is 15.9. The van der Waals surface area contributed by atoms with Crippen LogP contribution in [0.15, 0.2) is 0 Å². The minimum Gasteiger partial charge on any atom is -0.340 e. The SMILES string of the molecule is CCc1nc(CC)n(CC(=O)N2CCC(=O)CC2)n1. The Hall–Kier alpha value is -1.72. The van der Waals surface area contributed by atoms with Gasteiger partial charge >= 0.3 is 0 Å². The lowest BCUT2D eigenvalue weighted by atomic mass is 10.1. The average molecular weight is 264 g/mol. The van der Waals surface area contributed by atoms with Crippen LogP contribution < -0.4 is 0 Å². The number of aryl methyl sites for hydroxylation is 2. The summed E-state index contributed by atoms with van der Waals surface area (Å²) in [5, 5.41) is 4.34. The van der Waals surface area contributed by atoms with Gasteiger partial charge in [-0.3, -0.25) is 9.59 Å². The van der Waals surface area contributed by atoms with Crippen LogP contribution in [0.4, 0.5) is 0 Å². The van der Waals surface area contributed by atoms with Crippen LogP contribution >= 0.6 is 0 Å². The number of likely N-dealkylation sites (tertiary alicyclic amines) is 1. The summed E-state index contributed by atoms with van der Waals surface area (Å²) < 4.78 is 1.69. The van der Waals surface area contributed by atoms with Gasteiger partial charge in [0.15, 0.2) is 5.82 Å². The second-order valence-corrected chi connectivity index (χ2v) is 4.73. The Morgan fingerprint density at radius 1 is 1.21 bits per heavy atom. The molecule has 1 aliphatic rings. The van der Waals surface area contributed by atoms with Crippen molar-refractivity contribution in [3.05, 3.63) is 11.6 Å². The summed E-state index contributed by atoms with van der Waals surface area (Å²) in [7, 11) is 0.